The Balaban J connectivity index is 1.78. The predicted molar refractivity (Wildman–Crippen MR) is 96.6 cm³/mol. The third kappa shape index (κ3) is 4.41. The van der Waals surface area contributed by atoms with Gasteiger partial charge in [-0.1, -0.05) is 23.7 Å². The highest BCUT2D eigenvalue weighted by Gasteiger charge is 2.18. The van der Waals surface area contributed by atoms with Crippen LogP contribution in [0.15, 0.2) is 59.8 Å². The van der Waals surface area contributed by atoms with Crippen molar-refractivity contribution < 1.29 is 17.7 Å². The van der Waals surface area contributed by atoms with Gasteiger partial charge in [-0.15, -0.1) is 0 Å². The molecule has 0 saturated carbocycles. The number of nitro benzene ring substituents is 1. The molecular formula is C16H12ClFN4O4S. The molecule has 11 heteroatoms. The van der Waals surface area contributed by atoms with Gasteiger partial charge in [-0.25, -0.2) is 12.8 Å². The average molecular weight is 411 g/mol. The van der Waals surface area contributed by atoms with Crippen molar-refractivity contribution in [2.24, 2.45) is 0 Å². The zero-order valence-corrected chi connectivity index (χ0v) is 15.1. The molecule has 3 aromatic rings. The fraction of sp³-hybridized carbons (Fsp3) is 0.0625. The van der Waals surface area contributed by atoms with Crippen LogP contribution in [0.25, 0.3) is 0 Å². The van der Waals surface area contributed by atoms with Crippen LogP contribution < -0.4 is 4.72 Å². The van der Waals surface area contributed by atoms with Gasteiger partial charge in [-0.05, 0) is 23.8 Å². The molecule has 27 heavy (non-hydrogen) atoms. The maximum absolute atomic E-state index is 13.1. The number of aromatic nitrogens is 2. The fourth-order valence-corrected chi connectivity index (χ4v) is 3.60. The van der Waals surface area contributed by atoms with Crippen molar-refractivity contribution in [3.8, 4) is 0 Å². The lowest BCUT2D eigenvalue weighted by atomic mass is 10.2. The minimum Gasteiger partial charge on any atom is -0.276 e. The molecule has 0 aliphatic heterocycles. The minimum absolute atomic E-state index is 0.166. The predicted octanol–water partition coefficient (Wildman–Crippen LogP) is 3.43. The Kier molecular flexibility index (Phi) is 5.10. The molecule has 0 unspecified atom stereocenters. The molecule has 0 radical (unpaired) electrons. The second-order valence-corrected chi connectivity index (χ2v) is 7.61. The zero-order valence-electron chi connectivity index (χ0n) is 13.5. The van der Waals surface area contributed by atoms with E-state index < -0.39 is 20.8 Å². The second-order valence-electron chi connectivity index (χ2n) is 5.52. The first-order valence-corrected chi connectivity index (χ1v) is 9.34. The van der Waals surface area contributed by atoms with E-state index in [0.717, 1.165) is 6.07 Å². The van der Waals surface area contributed by atoms with Crippen molar-refractivity contribution in [2.75, 3.05) is 4.72 Å². The number of nitrogens with one attached hydrogen (secondary N) is 1. The molecule has 8 nitrogen and oxygen atoms in total. The number of nitrogens with zero attached hydrogens (tertiary/aromatic N) is 3. The molecule has 0 saturated heterocycles. The van der Waals surface area contributed by atoms with E-state index in [2.05, 4.69) is 9.82 Å². The lowest BCUT2D eigenvalue weighted by molar-refractivity contribution is -0.385. The molecular weight excluding hydrogens is 399 g/mol. The van der Waals surface area contributed by atoms with Crippen molar-refractivity contribution in [1.29, 1.82) is 0 Å². The largest absolute Gasteiger partial charge is 0.276 e. The molecule has 0 aliphatic carbocycles. The molecule has 0 spiro atoms. The Labute approximate surface area is 158 Å². The molecule has 0 bridgehead atoms. The summed E-state index contributed by atoms with van der Waals surface area (Å²) in [7, 11) is -4.03. The summed E-state index contributed by atoms with van der Waals surface area (Å²) in [6.07, 6.45) is 2.71. The summed E-state index contributed by atoms with van der Waals surface area (Å²) < 4.78 is 41.6. The number of nitro groups is 1. The van der Waals surface area contributed by atoms with Gasteiger partial charge in [0.1, 0.15) is 5.82 Å². The summed E-state index contributed by atoms with van der Waals surface area (Å²) in [5, 5.41) is 15.1. The first-order chi connectivity index (χ1) is 12.7. The SMILES string of the molecule is O=[N+]([O-])c1cccc(S(=O)(=O)Nc2cnn(Cc3ccc(F)cc3Cl)c2)c1. The highest BCUT2D eigenvalue weighted by Crippen LogP contribution is 2.21. The summed E-state index contributed by atoms with van der Waals surface area (Å²) in [4.78, 5) is 9.89. The van der Waals surface area contributed by atoms with E-state index in [1.54, 1.807) is 0 Å². The van der Waals surface area contributed by atoms with Crippen LogP contribution in [0, 0.1) is 15.9 Å². The van der Waals surface area contributed by atoms with Crippen LogP contribution in [-0.4, -0.2) is 23.1 Å². The minimum atomic E-state index is -4.03. The van der Waals surface area contributed by atoms with Gasteiger partial charge in [0.15, 0.2) is 0 Å². The quantitative estimate of drug-likeness (QED) is 0.494. The first kappa shape index (κ1) is 18.8. The Morgan fingerprint density at radius 3 is 2.74 bits per heavy atom. The normalized spacial score (nSPS) is 11.3. The number of anilines is 1. The summed E-state index contributed by atoms with van der Waals surface area (Å²) >= 11 is 5.97. The van der Waals surface area contributed by atoms with Gasteiger partial charge in [0, 0.05) is 23.4 Å². The molecule has 1 aromatic heterocycles. The van der Waals surface area contributed by atoms with Gasteiger partial charge in [-0.2, -0.15) is 5.10 Å². The summed E-state index contributed by atoms with van der Waals surface area (Å²) in [6.45, 7) is 0.206. The standard InChI is InChI=1S/C16H12ClFN4O4S/c17-16-6-12(18)5-4-11(16)9-21-10-13(8-19-21)20-27(25,26)15-3-1-2-14(7-15)22(23)24/h1-8,10,20H,9H2. The summed E-state index contributed by atoms with van der Waals surface area (Å²) in [6, 6.07) is 8.63. The smallest absolute Gasteiger partial charge is 0.270 e. The zero-order chi connectivity index (χ0) is 19.6. The van der Waals surface area contributed by atoms with E-state index >= 15 is 0 Å². The number of hydrogen-bond donors (Lipinski definition) is 1. The van der Waals surface area contributed by atoms with E-state index in [9.17, 15) is 22.9 Å². The van der Waals surface area contributed by atoms with E-state index in [1.165, 1.54) is 53.5 Å². The Morgan fingerprint density at radius 1 is 1.26 bits per heavy atom. The van der Waals surface area contributed by atoms with Gasteiger partial charge in [-0.3, -0.25) is 19.5 Å². The van der Waals surface area contributed by atoms with Gasteiger partial charge in [0.2, 0.25) is 0 Å². The Hall–Kier alpha value is -2.98. The van der Waals surface area contributed by atoms with Crippen molar-refractivity contribution in [2.45, 2.75) is 11.4 Å². The highest BCUT2D eigenvalue weighted by atomic mass is 35.5. The average Bonchev–Trinajstić information content (AvgIpc) is 3.04. The maximum atomic E-state index is 13.1. The fourth-order valence-electron chi connectivity index (χ4n) is 2.31. The number of sulfonamides is 1. The van der Waals surface area contributed by atoms with Crippen LogP contribution in [0.5, 0.6) is 0 Å². The molecule has 1 heterocycles. The summed E-state index contributed by atoms with van der Waals surface area (Å²) in [5.74, 6) is -0.463. The van der Waals surface area contributed by atoms with Gasteiger partial charge < -0.3 is 0 Å². The molecule has 3 rings (SSSR count). The van der Waals surface area contributed by atoms with Crippen LogP contribution in [0.1, 0.15) is 5.56 Å². The lowest BCUT2D eigenvalue weighted by Crippen LogP contribution is -2.12. The first-order valence-electron chi connectivity index (χ1n) is 7.48. The van der Waals surface area contributed by atoms with Crippen LogP contribution in [0.3, 0.4) is 0 Å². The van der Waals surface area contributed by atoms with E-state index in [1.807, 2.05) is 0 Å². The number of halogens is 2. The second kappa shape index (κ2) is 7.33. The van der Waals surface area contributed by atoms with Crippen molar-refractivity contribution in [1.82, 2.24) is 9.78 Å². The Morgan fingerprint density at radius 2 is 2.04 bits per heavy atom. The van der Waals surface area contributed by atoms with Gasteiger partial charge in [0.25, 0.3) is 15.7 Å². The van der Waals surface area contributed by atoms with Crippen LogP contribution in [-0.2, 0) is 16.6 Å². The number of benzene rings is 2. The highest BCUT2D eigenvalue weighted by molar-refractivity contribution is 7.92. The molecule has 2 aromatic carbocycles. The van der Waals surface area contributed by atoms with Crippen LogP contribution in [0.2, 0.25) is 5.02 Å². The topological polar surface area (TPSA) is 107 Å². The maximum Gasteiger partial charge on any atom is 0.270 e. The molecule has 0 amide bonds. The lowest BCUT2D eigenvalue weighted by Gasteiger charge is -2.06. The van der Waals surface area contributed by atoms with Gasteiger partial charge in [0.05, 0.1) is 28.2 Å². The third-order valence-corrected chi connectivity index (χ3v) is 5.30. The van der Waals surface area contributed by atoms with Gasteiger partial charge >= 0.3 is 0 Å². The molecule has 140 valence electrons. The monoisotopic (exact) mass is 410 g/mol. The van der Waals surface area contributed by atoms with E-state index in [4.69, 9.17) is 11.6 Å². The van der Waals surface area contributed by atoms with Crippen molar-refractivity contribution >= 4 is 33.0 Å². The van der Waals surface area contributed by atoms with Crippen molar-refractivity contribution in [3.05, 3.63) is 81.4 Å². The summed E-state index contributed by atoms with van der Waals surface area (Å²) in [5.41, 5.74) is 0.438. The number of hydrogen-bond acceptors (Lipinski definition) is 5. The van der Waals surface area contributed by atoms with Crippen molar-refractivity contribution in [3.63, 3.8) is 0 Å². The molecule has 0 atom stereocenters. The molecule has 0 aliphatic rings. The molecule has 1 N–H and O–H groups in total. The van der Waals surface area contributed by atoms with Crippen LogP contribution >= 0.6 is 11.6 Å². The van der Waals surface area contributed by atoms with Crippen LogP contribution in [0.4, 0.5) is 15.8 Å². The Bertz CT molecular complexity index is 1120. The third-order valence-electron chi connectivity index (χ3n) is 3.57. The number of rotatable bonds is 6. The number of non-ortho nitro benzene ring substituents is 1. The van der Waals surface area contributed by atoms with E-state index in [0.29, 0.717) is 5.56 Å². The van der Waals surface area contributed by atoms with E-state index in [-0.39, 0.29) is 27.8 Å². The molecule has 0 fully saturated rings.